The van der Waals surface area contributed by atoms with Crippen molar-refractivity contribution in [2.75, 3.05) is 0 Å². The molecule has 0 fully saturated rings. The molecular weight excluding hydrogens is 180 g/mol. The van der Waals surface area contributed by atoms with Crippen LogP contribution in [0.5, 0.6) is 0 Å². The Morgan fingerprint density at radius 3 is 2.07 bits per heavy atom. The van der Waals surface area contributed by atoms with Crippen molar-refractivity contribution >= 4 is 0 Å². The molecule has 0 nitrogen and oxygen atoms in total. The normalized spacial score (nSPS) is 28.9. The highest BCUT2D eigenvalue weighted by molar-refractivity contribution is 5.39. The molecule has 0 heteroatoms. The molecule has 1 aliphatic rings. The third kappa shape index (κ3) is 1.73. The van der Waals surface area contributed by atoms with Crippen LogP contribution in [0.3, 0.4) is 0 Å². The van der Waals surface area contributed by atoms with Crippen LogP contribution in [-0.4, -0.2) is 0 Å². The number of hydrogen-bond donors (Lipinski definition) is 0. The summed E-state index contributed by atoms with van der Waals surface area (Å²) in [7, 11) is 0. The molecule has 0 radical (unpaired) electrons. The molecule has 1 aromatic rings. The van der Waals surface area contributed by atoms with Gasteiger partial charge in [0.25, 0.3) is 0 Å². The fraction of sp³-hybridized carbons (Fsp3) is 0.467. The minimum atomic E-state index is 0.241. The molecule has 80 valence electrons. The van der Waals surface area contributed by atoms with Crippen molar-refractivity contribution in [1.29, 1.82) is 0 Å². The van der Waals surface area contributed by atoms with Gasteiger partial charge in [-0.05, 0) is 24.3 Å². The summed E-state index contributed by atoms with van der Waals surface area (Å²) < 4.78 is 0. The van der Waals surface area contributed by atoms with Gasteiger partial charge in [0.05, 0.1) is 0 Å². The first kappa shape index (κ1) is 10.5. The maximum Gasteiger partial charge on any atom is 0.0139 e. The Labute approximate surface area is 93.0 Å². The van der Waals surface area contributed by atoms with Crippen LogP contribution >= 0.6 is 0 Å². The first-order chi connectivity index (χ1) is 6.94. The Morgan fingerprint density at radius 2 is 1.60 bits per heavy atom. The van der Waals surface area contributed by atoms with Crippen molar-refractivity contribution in [1.82, 2.24) is 0 Å². The summed E-state index contributed by atoms with van der Waals surface area (Å²) in [5, 5.41) is 0. The van der Waals surface area contributed by atoms with Crippen molar-refractivity contribution in [3.8, 4) is 0 Å². The number of allylic oxidation sites excluding steroid dienone is 2. The lowest BCUT2D eigenvalue weighted by atomic mass is 9.74. The summed E-state index contributed by atoms with van der Waals surface area (Å²) in [4.78, 5) is 0. The number of benzene rings is 1. The molecule has 15 heavy (non-hydrogen) atoms. The lowest BCUT2D eigenvalue weighted by Crippen LogP contribution is -2.23. The standard InChI is InChI=1S/C15H20/c1-12-10-14(2,3)11-15(12,4)13-8-6-5-7-9-13/h5-10H,11H2,1-4H3. The molecule has 0 aliphatic heterocycles. The second-order valence-electron chi connectivity index (χ2n) is 5.69. The third-order valence-corrected chi connectivity index (χ3v) is 3.70. The van der Waals surface area contributed by atoms with Crippen molar-refractivity contribution < 1.29 is 0 Å². The topological polar surface area (TPSA) is 0 Å². The first-order valence-electron chi connectivity index (χ1n) is 5.70. The van der Waals surface area contributed by atoms with Gasteiger partial charge in [-0.2, -0.15) is 0 Å². The van der Waals surface area contributed by atoms with Crippen LogP contribution in [0.1, 0.15) is 39.7 Å². The Balaban J connectivity index is 2.43. The lowest BCUT2D eigenvalue weighted by Gasteiger charge is -2.30. The predicted molar refractivity (Wildman–Crippen MR) is 65.9 cm³/mol. The maximum absolute atomic E-state index is 2.43. The quantitative estimate of drug-likeness (QED) is 0.592. The predicted octanol–water partition coefficient (Wildman–Crippen LogP) is 4.32. The fourth-order valence-electron chi connectivity index (χ4n) is 2.98. The van der Waals surface area contributed by atoms with Crippen LogP contribution in [0.25, 0.3) is 0 Å². The van der Waals surface area contributed by atoms with Gasteiger partial charge in [-0.15, -0.1) is 0 Å². The van der Waals surface area contributed by atoms with Crippen LogP contribution in [0, 0.1) is 5.41 Å². The van der Waals surface area contributed by atoms with Gasteiger partial charge in [0.1, 0.15) is 0 Å². The first-order valence-corrected chi connectivity index (χ1v) is 5.70. The van der Waals surface area contributed by atoms with Gasteiger partial charge < -0.3 is 0 Å². The average Bonchev–Trinajstić information content (AvgIpc) is 2.38. The number of hydrogen-bond acceptors (Lipinski definition) is 0. The maximum atomic E-state index is 2.43. The third-order valence-electron chi connectivity index (χ3n) is 3.70. The molecule has 0 aromatic heterocycles. The van der Waals surface area contributed by atoms with Gasteiger partial charge in [0.2, 0.25) is 0 Å². The zero-order chi connectivity index (χ0) is 11.1. The highest BCUT2D eigenvalue weighted by Crippen LogP contribution is 2.49. The average molecular weight is 200 g/mol. The van der Waals surface area contributed by atoms with Crippen LogP contribution in [-0.2, 0) is 5.41 Å². The van der Waals surface area contributed by atoms with E-state index in [9.17, 15) is 0 Å². The van der Waals surface area contributed by atoms with Gasteiger partial charge in [0.15, 0.2) is 0 Å². The highest BCUT2D eigenvalue weighted by Gasteiger charge is 2.39. The van der Waals surface area contributed by atoms with E-state index in [4.69, 9.17) is 0 Å². The minimum absolute atomic E-state index is 0.241. The summed E-state index contributed by atoms with van der Waals surface area (Å²) in [6, 6.07) is 10.9. The van der Waals surface area contributed by atoms with E-state index in [1.165, 1.54) is 17.6 Å². The second kappa shape index (κ2) is 3.23. The summed E-state index contributed by atoms with van der Waals surface area (Å²) in [6.07, 6.45) is 3.65. The lowest BCUT2D eigenvalue weighted by molar-refractivity contribution is 0.380. The van der Waals surface area contributed by atoms with Crippen LogP contribution in [0.4, 0.5) is 0 Å². The fourth-order valence-corrected chi connectivity index (χ4v) is 2.98. The molecule has 0 bridgehead atoms. The summed E-state index contributed by atoms with van der Waals surface area (Å²) in [6.45, 7) is 9.28. The molecule has 1 atom stereocenters. The van der Waals surface area contributed by atoms with Crippen molar-refractivity contribution in [3.63, 3.8) is 0 Å². The molecule has 0 amide bonds. The Bertz CT molecular complexity index is 384. The molecule has 0 N–H and O–H groups in total. The molecule has 0 spiro atoms. The summed E-state index contributed by atoms with van der Waals surface area (Å²) >= 11 is 0. The molecular formula is C15H20. The van der Waals surface area contributed by atoms with Gasteiger partial charge in [-0.3, -0.25) is 0 Å². The summed E-state index contributed by atoms with van der Waals surface area (Å²) in [5.74, 6) is 0. The van der Waals surface area contributed by atoms with E-state index in [-0.39, 0.29) is 5.41 Å². The van der Waals surface area contributed by atoms with Crippen molar-refractivity contribution in [3.05, 3.63) is 47.5 Å². The monoisotopic (exact) mass is 200 g/mol. The zero-order valence-corrected chi connectivity index (χ0v) is 10.2. The van der Waals surface area contributed by atoms with E-state index >= 15 is 0 Å². The summed E-state index contributed by atoms with van der Waals surface area (Å²) in [5.41, 5.74) is 3.54. The molecule has 1 unspecified atom stereocenters. The molecule has 0 saturated heterocycles. The zero-order valence-electron chi connectivity index (χ0n) is 10.2. The van der Waals surface area contributed by atoms with Gasteiger partial charge in [-0.25, -0.2) is 0 Å². The largest absolute Gasteiger partial charge is 0.0790 e. The van der Waals surface area contributed by atoms with E-state index in [0.29, 0.717) is 5.41 Å². The molecule has 0 saturated carbocycles. The Hall–Kier alpha value is -1.04. The van der Waals surface area contributed by atoms with E-state index in [1.54, 1.807) is 0 Å². The Kier molecular flexibility index (Phi) is 2.26. The SMILES string of the molecule is CC1=CC(C)(C)CC1(C)c1ccccc1. The molecule has 2 rings (SSSR count). The van der Waals surface area contributed by atoms with Crippen LogP contribution < -0.4 is 0 Å². The van der Waals surface area contributed by atoms with Crippen molar-refractivity contribution in [2.45, 2.75) is 39.5 Å². The second-order valence-corrected chi connectivity index (χ2v) is 5.69. The van der Waals surface area contributed by atoms with Gasteiger partial charge in [0, 0.05) is 5.41 Å². The smallest absolute Gasteiger partial charge is 0.0139 e. The number of rotatable bonds is 1. The van der Waals surface area contributed by atoms with E-state index in [2.05, 4.69) is 64.1 Å². The van der Waals surface area contributed by atoms with E-state index in [1.807, 2.05) is 0 Å². The highest BCUT2D eigenvalue weighted by atomic mass is 14.4. The Morgan fingerprint density at radius 1 is 1.00 bits per heavy atom. The van der Waals surface area contributed by atoms with Gasteiger partial charge in [-0.1, -0.05) is 62.8 Å². The molecule has 0 heterocycles. The van der Waals surface area contributed by atoms with Crippen molar-refractivity contribution in [2.24, 2.45) is 5.41 Å². The van der Waals surface area contributed by atoms with Crippen LogP contribution in [0.15, 0.2) is 42.0 Å². The van der Waals surface area contributed by atoms with Gasteiger partial charge >= 0.3 is 0 Å². The minimum Gasteiger partial charge on any atom is -0.0790 e. The molecule has 1 aliphatic carbocycles. The van der Waals surface area contributed by atoms with E-state index in [0.717, 1.165) is 0 Å². The van der Waals surface area contributed by atoms with E-state index < -0.39 is 0 Å². The molecule has 1 aromatic carbocycles. The van der Waals surface area contributed by atoms with Crippen LogP contribution in [0.2, 0.25) is 0 Å².